The highest BCUT2D eigenvalue weighted by molar-refractivity contribution is 9.10. The van der Waals surface area contributed by atoms with E-state index in [0.717, 1.165) is 30.0 Å². The molecule has 1 N–H and O–H groups in total. The van der Waals surface area contributed by atoms with Crippen molar-refractivity contribution in [1.29, 1.82) is 0 Å². The number of rotatable bonds is 6. The first-order chi connectivity index (χ1) is 14.9. The zero-order valence-corrected chi connectivity index (χ0v) is 20.1. The second-order valence-corrected chi connectivity index (χ2v) is 13.0. The van der Waals surface area contributed by atoms with E-state index in [1.54, 1.807) is 6.07 Å². The summed E-state index contributed by atoms with van der Waals surface area (Å²) in [4.78, 5) is 5.81. The van der Waals surface area contributed by atoms with Crippen molar-refractivity contribution in [1.82, 2.24) is 9.88 Å². The van der Waals surface area contributed by atoms with Gasteiger partial charge >= 0.3 is 15.6 Å². The van der Waals surface area contributed by atoms with Gasteiger partial charge in [-0.25, -0.2) is 0 Å². The van der Waals surface area contributed by atoms with Gasteiger partial charge < -0.3 is 9.17 Å². The third-order valence-corrected chi connectivity index (χ3v) is 9.48. The van der Waals surface area contributed by atoms with E-state index in [9.17, 15) is 21.6 Å². The van der Waals surface area contributed by atoms with Gasteiger partial charge in [0.25, 0.3) is 0 Å². The summed E-state index contributed by atoms with van der Waals surface area (Å²) in [7, 11) is -5.70. The van der Waals surface area contributed by atoms with E-state index in [1.165, 1.54) is 44.2 Å². The predicted molar refractivity (Wildman–Crippen MR) is 119 cm³/mol. The number of fused-ring (bicyclic) bond motifs is 1. The molecule has 6 rings (SSSR count). The minimum absolute atomic E-state index is 0.161. The summed E-state index contributed by atoms with van der Waals surface area (Å²) in [5.74, 6) is 0.657. The van der Waals surface area contributed by atoms with Crippen molar-refractivity contribution < 1.29 is 25.8 Å². The normalized spacial score (nSPS) is 31.3. The Morgan fingerprint density at radius 2 is 1.94 bits per heavy atom. The Morgan fingerprint density at radius 3 is 2.56 bits per heavy atom. The van der Waals surface area contributed by atoms with E-state index in [-0.39, 0.29) is 11.7 Å². The van der Waals surface area contributed by atoms with Crippen LogP contribution in [0.25, 0.3) is 10.9 Å². The fraction of sp³-hybridized carbons (Fsp3) is 0.636. The quantitative estimate of drug-likeness (QED) is 0.294. The Kier molecular flexibility index (Phi) is 5.37. The molecule has 4 bridgehead atoms. The lowest BCUT2D eigenvalue weighted by Gasteiger charge is -2.60. The summed E-state index contributed by atoms with van der Waals surface area (Å²) in [5.41, 5.74) is -3.77. The maximum absolute atomic E-state index is 12.7. The summed E-state index contributed by atoms with van der Waals surface area (Å²) < 4.78 is 65.4. The first-order valence-electron chi connectivity index (χ1n) is 11.0. The Balaban J connectivity index is 1.30. The molecular weight excluding hydrogens is 509 g/mol. The maximum Gasteiger partial charge on any atom is 0.534 e. The molecule has 0 radical (unpaired) electrons. The fourth-order valence-corrected chi connectivity index (χ4v) is 7.89. The van der Waals surface area contributed by atoms with E-state index in [4.69, 9.17) is 0 Å². The van der Waals surface area contributed by atoms with Crippen LogP contribution in [0.4, 0.5) is 13.2 Å². The van der Waals surface area contributed by atoms with Gasteiger partial charge in [-0.2, -0.15) is 21.6 Å². The molecule has 2 aliphatic carbocycles. The van der Waals surface area contributed by atoms with Crippen molar-refractivity contribution in [2.75, 3.05) is 6.54 Å². The molecule has 4 aliphatic rings. The second kappa shape index (κ2) is 7.63. The van der Waals surface area contributed by atoms with Crippen molar-refractivity contribution in [2.24, 2.45) is 5.92 Å². The molecule has 1 aromatic carbocycles. The van der Waals surface area contributed by atoms with Gasteiger partial charge in [0, 0.05) is 33.5 Å². The largest absolute Gasteiger partial charge is 0.534 e. The van der Waals surface area contributed by atoms with Gasteiger partial charge in [-0.15, -0.1) is 0 Å². The molecule has 2 saturated carbocycles. The van der Waals surface area contributed by atoms with Gasteiger partial charge in [-0.1, -0.05) is 22.9 Å². The summed E-state index contributed by atoms with van der Waals surface area (Å²) in [6.07, 6.45) is 9.04. The van der Waals surface area contributed by atoms with Crippen LogP contribution < -0.4 is 4.18 Å². The highest BCUT2D eigenvalue weighted by atomic mass is 79.9. The van der Waals surface area contributed by atoms with Crippen LogP contribution >= 0.6 is 15.9 Å². The molecule has 3 unspecified atom stereocenters. The van der Waals surface area contributed by atoms with E-state index in [2.05, 4.69) is 36.9 Å². The van der Waals surface area contributed by atoms with E-state index >= 15 is 0 Å². The van der Waals surface area contributed by atoms with E-state index in [1.807, 2.05) is 6.20 Å². The van der Waals surface area contributed by atoms with Crippen LogP contribution in [-0.4, -0.2) is 46.8 Å². The first kappa shape index (κ1) is 22.5. The van der Waals surface area contributed by atoms with Crippen molar-refractivity contribution in [3.63, 3.8) is 0 Å². The number of aromatic nitrogens is 1. The van der Waals surface area contributed by atoms with Gasteiger partial charge in [0.05, 0.1) is 0 Å². The number of nitrogens with zero attached hydrogens (tertiary/aromatic N) is 1. The summed E-state index contributed by atoms with van der Waals surface area (Å²) >= 11 is 4.01. The molecule has 32 heavy (non-hydrogen) atoms. The lowest BCUT2D eigenvalue weighted by atomic mass is 9.63. The minimum Gasteiger partial charge on any atom is -0.376 e. The number of benzene rings is 1. The number of alkyl halides is 4. The Bertz CT molecular complexity index is 1120. The molecule has 4 fully saturated rings. The van der Waals surface area contributed by atoms with Crippen LogP contribution in [0.5, 0.6) is 5.75 Å². The highest BCUT2D eigenvalue weighted by Gasteiger charge is 2.53. The molecule has 3 heterocycles. The predicted octanol–water partition coefficient (Wildman–Crippen LogP) is 5.67. The summed E-state index contributed by atoms with van der Waals surface area (Å²) in [5, 5.41) is 0.687. The van der Waals surface area contributed by atoms with Gasteiger partial charge in [0.15, 0.2) is 0 Å². The summed E-state index contributed by atoms with van der Waals surface area (Å²) in [6.45, 7) is 3.09. The molecule has 1 aromatic heterocycles. The van der Waals surface area contributed by atoms with Gasteiger partial charge in [-0.3, -0.25) is 4.90 Å². The standard InChI is InChI=1S/C22H26BrF3N2O3S/c1-13(4-5-28-15-6-14-7-16(28)11-21(23,9-14)10-15)19-12-27-20-3-2-17(8-18(19)20)31-32(29,30)22(24,25)26/h2-3,8,12-16,27H,4-7,9-11H2,1H3. The molecule has 0 amide bonds. The highest BCUT2D eigenvalue weighted by Crippen LogP contribution is 2.55. The van der Waals surface area contributed by atoms with E-state index in [0.29, 0.717) is 21.8 Å². The average molecular weight is 535 g/mol. The van der Waals surface area contributed by atoms with Crippen LogP contribution in [0.1, 0.15) is 56.9 Å². The summed E-state index contributed by atoms with van der Waals surface area (Å²) in [6, 6.07) is 5.40. The zero-order valence-electron chi connectivity index (χ0n) is 17.7. The molecule has 5 nitrogen and oxygen atoms in total. The van der Waals surface area contributed by atoms with Crippen molar-refractivity contribution >= 4 is 37.0 Å². The average Bonchev–Trinajstić information content (AvgIpc) is 3.08. The fourth-order valence-electron chi connectivity index (χ4n) is 6.23. The Morgan fingerprint density at radius 1 is 1.25 bits per heavy atom. The number of hydrogen-bond donors (Lipinski definition) is 1. The number of halogens is 4. The number of H-pyrrole nitrogens is 1. The van der Waals surface area contributed by atoms with Crippen LogP contribution in [0, 0.1) is 5.92 Å². The molecule has 0 spiro atoms. The first-order valence-corrected chi connectivity index (χ1v) is 13.2. The van der Waals surface area contributed by atoms with Gasteiger partial charge in [0.2, 0.25) is 0 Å². The lowest BCUT2D eigenvalue weighted by molar-refractivity contribution is -0.0500. The monoisotopic (exact) mass is 534 g/mol. The van der Waals surface area contributed by atoms with Crippen molar-refractivity contribution in [3.05, 3.63) is 30.0 Å². The van der Waals surface area contributed by atoms with Crippen LogP contribution in [0.3, 0.4) is 0 Å². The maximum atomic E-state index is 12.7. The molecule has 176 valence electrons. The minimum atomic E-state index is -5.70. The van der Waals surface area contributed by atoms with Crippen LogP contribution in [-0.2, 0) is 10.1 Å². The SMILES string of the molecule is CC(CCN1C2CC3CC1CC(Br)(C3)C2)c1c[nH]c2ccc(OS(=O)(=O)C(F)(F)F)cc12. The second-order valence-electron chi connectivity index (χ2n) is 9.77. The topological polar surface area (TPSA) is 62.4 Å². The third-order valence-electron chi connectivity index (χ3n) is 7.53. The Labute approximate surface area is 193 Å². The number of nitrogens with one attached hydrogen (secondary N) is 1. The van der Waals surface area contributed by atoms with Crippen molar-refractivity contribution in [2.45, 2.75) is 73.3 Å². The van der Waals surface area contributed by atoms with Gasteiger partial charge in [0.1, 0.15) is 5.75 Å². The van der Waals surface area contributed by atoms with E-state index < -0.39 is 15.6 Å². The van der Waals surface area contributed by atoms with Crippen LogP contribution in [0.2, 0.25) is 0 Å². The number of hydrogen-bond acceptors (Lipinski definition) is 4. The molecule has 2 aliphatic heterocycles. The van der Waals surface area contributed by atoms with Crippen molar-refractivity contribution in [3.8, 4) is 5.75 Å². The third kappa shape index (κ3) is 3.96. The number of piperidine rings is 2. The molecule has 10 heteroatoms. The smallest absolute Gasteiger partial charge is 0.376 e. The number of aromatic amines is 1. The lowest BCUT2D eigenvalue weighted by Crippen LogP contribution is -2.62. The molecule has 2 saturated heterocycles. The molecule has 2 aromatic rings. The van der Waals surface area contributed by atoms with Crippen LogP contribution in [0.15, 0.2) is 24.4 Å². The molecular formula is C22H26BrF3N2O3S. The zero-order chi connectivity index (χ0) is 22.9. The molecule has 3 atom stereocenters. The van der Waals surface area contributed by atoms with Gasteiger partial charge in [-0.05, 0) is 80.7 Å². The Hall–Kier alpha value is -1.26.